The van der Waals surface area contributed by atoms with Crippen LogP contribution < -0.4 is 15.4 Å². The van der Waals surface area contributed by atoms with E-state index in [4.69, 9.17) is 9.47 Å². The first kappa shape index (κ1) is 22.5. The van der Waals surface area contributed by atoms with Gasteiger partial charge in [0.25, 0.3) is 0 Å². The molecule has 1 aromatic rings. The molecular weight excluding hydrogens is 445 g/mol. The summed E-state index contributed by atoms with van der Waals surface area (Å²) < 4.78 is 10.6. The average molecular weight is 475 g/mol. The Morgan fingerprint density at radius 1 is 1.19 bits per heavy atom. The predicted octanol–water partition coefficient (Wildman–Crippen LogP) is 3.24. The molecule has 0 amide bonds. The summed E-state index contributed by atoms with van der Waals surface area (Å²) >= 11 is 0. The van der Waals surface area contributed by atoms with E-state index in [1.165, 1.54) is 12.8 Å². The maximum atomic E-state index is 11.8. The first-order valence-electron chi connectivity index (χ1n) is 8.98. The van der Waals surface area contributed by atoms with Crippen molar-refractivity contribution >= 4 is 35.9 Å². The smallest absolute Gasteiger partial charge is 0.306 e. The zero-order valence-corrected chi connectivity index (χ0v) is 18.0. The number of nitrogens with one attached hydrogen (secondary N) is 2. The SMILES string of the molecule is CN=C(NCCCC(=O)OC1CCCC1)NCc1ccc(OC)cc1.I. The Bertz CT molecular complexity index is 558. The van der Waals surface area contributed by atoms with Crippen LogP contribution in [0.15, 0.2) is 29.3 Å². The summed E-state index contributed by atoms with van der Waals surface area (Å²) in [6.45, 7) is 1.36. The van der Waals surface area contributed by atoms with Crippen molar-refractivity contribution in [2.24, 2.45) is 4.99 Å². The zero-order chi connectivity index (χ0) is 17.9. The molecule has 6 nitrogen and oxygen atoms in total. The van der Waals surface area contributed by atoms with Gasteiger partial charge >= 0.3 is 5.97 Å². The number of nitrogens with zero attached hydrogens (tertiary/aromatic N) is 1. The number of carbonyl (C=O) groups excluding carboxylic acids is 1. The topological polar surface area (TPSA) is 72.0 Å². The fraction of sp³-hybridized carbons (Fsp3) is 0.579. The molecule has 1 aliphatic rings. The monoisotopic (exact) mass is 475 g/mol. The summed E-state index contributed by atoms with van der Waals surface area (Å²) in [4.78, 5) is 16.0. The van der Waals surface area contributed by atoms with Gasteiger partial charge in [-0.15, -0.1) is 24.0 Å². The highest BCUT2D eigenvalue weighted by atomic mass is 127. The lowest BCUT2D eigenvalue weighted by atomic mass is 10.2. The van der Waals surface area contributed by atoms with Crippen molar-refractivity contribution in [3.05, 3.63) is 29.8 Å². The van der Waals surface area contributed by atoms with Crippen molar-refractivity contribution < 1.29 is 14.3 Å². The van der Waals surface area contributed by atoms with Crippen molar-refractivity contribution in [1.29, 1.82) is 0 Å². The molecule has 2 rings (SSSR count). The van der Waals surface area contributed by atoms with E-state index >= 15 is 0 Å². The van der Waals surface area contributed by atoms with Gasteiger partial charge in [0.2, 0.25) is 0 Å². The largest absolute Gasteiger partial charge is 0.497 e. The minimum absolute atomic E-state index is 0. The van der Waals surface area contributed by atoms with Crippen LogP contribution in [0.3, 0.4) is 0 Å². The number of hydrogen-bond donors (Lipinski definition) is 2. The number of hydrogen-bond acceptors (Lipinski definition) is 4. The number of guanidine groups is 1. The molecule has 0 bridgehead atoms. The summed E-state index contributed by atoms with van der Waals surface area (Å²) in [5.41, 5.74) is 1.14. The normalized spacial score (nSPS) is 14.5. The number of halogens is 1. The maximum Gasteiger partial charge on any atom is 0.306 e. The maximum absolute atomic E-state index is 11.8. The molecule has 1 aromatic carbocycles. The van der Waals surface area contributed by atoms with Gasteiger partial charge < -0.3 is 20.1 Å². The van der Waals surface area contributed by atoms with Gasteiger partial charge in [0.15, 0.2) is 5.96 Å². The third kappa shape index (κ3) is 8.25. The Hall–Kier alpha value is -1.51. The molecule has 0 spiro atoms. The molecule has 0 radical (unpaired) electrons. The summed E-state index contributed by atoms with van der Waals surface area (Å²) in [6.07, 6.45) is 5.72. The van der Waals surface area contributed by atoms with Crippen LogP contribution in [0.4, 0.5) is 0 Å². The molecular formula is C19H30IN3O3. The van der Waals surface area contributed by atoms with Gasteiger partial charge in [-0.25, -0.2) is 0 Å². The second-order valence-electron chi connectivity index (χ2n) is 6.20. The second kappa shape index (κ2) is 12.8. The van der Waals surface area contributed by atoms with Crippen LogP contribution in [0.5, 0.6) is 5.75 Å². The number of methoxy groups -OCH3 is 1. The molecule has 2 N–H and O–H groups in total. The Morgan fingerprint density at radius 2 is 1.88 bits per heavy atom. The van der Waals surface area contributed by atoms with Crippen molar-refractivity contribution in [2.45, 2.75) is 51.2 Å². The molecule has 0 aromatic heterocycles. The van der Waals surface area contributed by atoms with E-state index in [1.54, 1.807) is 14.2 Å². The minimum atomic E-state index is -0.0881. The van der Waals surface area contributed by atoms with E-state index in [9.17, 15) is 4.79 Å². The second-order valence-corrected chi connectivity index (χ2v) is 6.20. The van der Waals surface area contributed by atoms with Gasteiger partial charge in [-0.3, -0.25) is 9.79 Å². The van der Waals surface area contributed by atoms with Crippen LogP contribution in [0.2, 0.25) is 0 Å². The number of aliphatic imine (C=N–C) groups is 1. The third-order valence-corrected chi connectivity index (χ3v) is 4.29. The standard InChI is InChI=1S/C19H29N3O3.HI/c1-20-19(22-14-15-9-11-16(24-2)12-10-15)21-13-5-8-18(23)25-17-6-3-4-7-17;/h9-12,17H,3-8,13-14H2,1-2H3,(H2,20,21,22);1H. The predicted molar refractivity (Wildman–Crippen MR) is 114 cm³/mol. The summed E-state index contributed by atoms with van der Waals surface area (Å²) in [5.74, 6) is 1.48. The fourth-order valence-corrected chi connectivity index (χ4v) is 2.84. The Balaban J connectivity index is 0.00000338. The van der Waals surface area contributed by atoms with Crippen molar-refractivity contribution in [3.63, 3.8) is 0 Å². The number of rotatable bonds is 8. The highest BCUT2D eigenvalue weighted by Crippen LogP contribution is 2.21. The molecule has 1 aliphatic carbocycles. The number of carbonyl (C=O) groups is 1. The average Bonchev–Trinajstić information content (AvgIpc) is 3.14. The molecule has 1 fully saturated rings. The van der Waals surface area contributed by atoms with E-state index in [2.05, 4.69) is 15.6 Å². The summed E-state index contributed by atoms with van der Waals surface area (Å²) in [5, 5.41) is 6.47. The van der Waals surface area contributed by atoms with Crippen molar-refractivity contribution in [3.8, 4) is 5.75 Å². The molecule has 0 atom stereocenters. The zero-order valence-electron chi connectivity index (χ0n) is 15.6. The molecule has 26 heavy (non-hydrogen) atoms. The first-order chi connectivity index (χ1) is 12.2. The lowest BCUT2D eigenvalue weighted by Gasteiger charge is -2.13. The number of benzene rings is 1. The first-order valence-corrected chi connectivity index (χ1v) is 8.98. The van der Waals surface area contributed by atoms with Gasteiger partial charge in [-0.1, -0.05) is 12.1 Å². The van der Waals surface area contributed by atoms with E-state index in [-0.39, 0.29) is 36.0 Å². The van der Waals surface area contributed by atoms with E-state index in [1.807, 2.05) is 24.3 Å². The molecule has 0 saturated heterocycles. The molecule has 1 saturated carbocycles. The van der Waals surface area contributed by atoms with Gasteiger partial charge in [0.1, 0.15) is 11.9 Å². The van der Waals surface area contributed by atoms with E-state index < -0.39 is 0 Å². The minimum Gasteiger partial charge on any atom is -0.497 e. The van der Waals surface area contributed by atoms with Gasteiger partial charge in [0, 0.05) is 26.6 Å². The van der Waals surface area contributed by atoms with Crippen LogP contribution in [0.25, 0.3) is 0 Å². The highest BCUT2D eigenvalue weighted by molar-refractivity contribution is 14.0. The Labute approximate surface area is 173 Å². The molecule has 146 valence electrons. The fourth-order valence-electron chi connectivity index (χ4n) is 2.84. The lowest BCUT2D eigenvalue weighted by Crippen LogP contribution is -2.37. The highest BCUT2D eigenvalue weighted by Gasteiger charge is 2.18. The lowest BCUT2D eigenvalue weighted by molar-refractivity contribution is -0.148. The van der Waals surface area contributed by atoms with Crippen LogP contribution in [-0.2, 0) is 16.1 Å². The van der Waals surface area contributed by atoms with Gasteiger partial charge in [0.05, 0.1) is 7.11 Å². The number of esters is 1. The van der Waals surface area contributed by atoms with Crippen LogP contribution >= 0.6 is 24.0 Å². The quantitative estimate of drug-likeness (QED) is 0.199. The molecule has 7 heteroatoms. The van der Waals surface area contributed by atoms with Crippen LogP contribution in [0, 0.1) is 0 Å². The van der Waals surface area contributed by atoms with Crippen LogP contribution in [0.1, 0.15) is 44.1 Å². The number of ether oxygens (including phenoxy) is 2. The molecule has 0 unspecified atom stereocenters. The van der Waals surface area contributed by atoms with Crippen LogP contribution in [-0.4, -0.2) is 38.7 Å². The van der Waals surface area contributed by atoms with Crippen molar-refractivity contribution in [1.82, 2.24) is 10.6 Å². The van der Waals surface area contributed by atoms with Crippen molar-refractivity contribution in [2.75, 3.05) is 20.7 Å². The molecule has 0 aliphatic heterocycles. The Morgan fingerprint density at radius 3 is 2.50 bits per heavy atom. The van der Waals surface area contributed by atoms with E-state index in [0.29, 0.717) is 19.5 Å². The molecule has 0 heterocycles. The van der Waals surface area contributed by atoms with Gasteiger partial charge in [-0.2, -0.15) is 0 Å². The Kier molecular flexibility index (Phi) is 11.1. The summed E-state index contributed by atoms with van der Waals surface area (Å²) in [6, 6.07) is 7.89. The van der Waals surface area contributed by atoms with Gasteiger partial charge in [-0.05, 0) is 49.8 Å². The third-order valence-electron chi connectivity index (χ3n) is 4.29. The summed E-state index contributed by atoms with van der Waals surface area (Å²) in [7, 11) is 3.39. The van der Waals surface area contributed by atoms with E-state index in [0.717, 1.165) is 36.5 Å².